The zero-order chi connectivity index (χ0) is 13.9. The first kappa shape index (κ1) is 15.7. The first-order valence-electron chi connectivity index (χ1n) is 7.48. The molecular weight excluding hydrogens is 236 g/mol. The third-order valence-corrected chi connectivity index (χ3v) is 3.37. The van der Waals surface area contributed by atoms with Crippen molar-refractivity contribution in [2.75, 3.05) is 6.61 Å². The summed E-state index contributed by atoms with van der Waals surface area (Å²) in [6.45, 7) is 4.82. The molecule has 0 radical (unpaired) electrons. The monoisotopic (exact) mass is 262 g/mol. The van der Waals surface area contributed by atoms with Gasteiger partial charge < -0.3 is 4.74 Å². The van der Waals surface area contributed by atoms with E-state index in [1.807, 2.05) is 6.07 Å². The van der Waals surface area contributed by atoms with Crippen molar-refractivity contribution in [1.82, 2.24) is 0 Å². The summed E-state index contributed by atoms with van der Waals surface area (Å²) in [6, 6.07) is 10.5. The van der Waals surface area contributed by atoms with Crippen LogP contribution in [0.25, 0.3) is 0 Å². The van der Waals surface area contributed by atoms with E-state index in [2.05, 4.69) is 38.1 Å². The van der Waals surface area contributed by atoms with Gasteiger partial charge in [-0.2, -0.15) is 0 Å². The van der Waals surface area contributed by atoms with Gasteiger partial charge in [0.2, 0.25) is 0 Å². The van der Waals surface area contributed by atoms with Crippen molar-refractivity contribution in [2.24, 2.45) is 0 Å². The number of benzene rings is 1. The Kier molecular flexibility index (Phi) is 7.95. The second-order valence-electron chi connectivity index (χ2n) is 5.01. The molecule has 0 bridgehead atoms. The second kappa shape index (κ2) is 9.60. The predicted octanol–water partition coefficient (Wildman–Crippen LogP) is 4.69. The van der Waals surface area contributed by atoms with E-state index in [1.165, 1.54) is 5.56 Å². The van der Waals surface area contributed by atoms with Gasteiger partial charge in [-0.15, -0.1) is 0 Å². The molecule has 0 saturated heterocycles. The minimum absolute atomic E-state index is 0.0508. The van der Waals surface area contributed by atoms with Gasteiger partial charge in [0.25, 0.3) is 0 Å². The van der Waals surface area contributed by atoms with Crippen molar-refractivity contribution >= 4 is 5.97 Å². The van der Waals surface area contributed by atoms with E-state index in [9.17, 15) is 4.79 Å². The van der Waals surface area contributed by atoms with Crippen LogP contribution < -0.4 is 0 Å². The lowest BCUT2D eigenvalue weighted by Crippen LogP contribution is -2.09. The molecule has 1 aromatic carbocycles. The van der Waals surface area contributed by atoms with E-state index in [4.69, 9.17) is 4.74 Å². The van der Waals surface area contributed by atoms with Crippen LogP contribution in [0.3, 0.4) is 0 Å². The number of esters is 1. The Balaban J connectivity index is 2.36. The number of carbonyl (C=O) groups is 1. The molecule has 0 aliphatic carbocycles. The van der Waals surface area contributed by atoms with Gasteiger partial charge >= 0.3 is 5.97 Å². The molecule has 0 aliphatic rings. The molecule has 1 aromatic rings. The molecule has 0 N–H and O–H groups in total. The van der Waals surface area contributed by atoms with Crippen LogP contribution in [0.1, 0.15) is 63.9 Å². The zero-order valence-corrected chi connectivity index (χ0v) is 12.2. The van der Waals surface area contributed by atoms with Gasteiger partial charge in [-0.05, 0) is 30.7 Å². The maximum absolute atomic E-state index is 11.5. The van der Waals surface area contributed by atoms with Crippen LogP contribution in [0.2, 0.25) is 0 Å². The molecule has 0 fully saturated rings. The molecular formula is C17H26O2. The summed E-state index contributed by atoms with van der Waals surface area (Å²) >= 11 is 0. The Bertz CT molecular complexity index is 346. The molecule has 0 aromatic heterocycles. The number of rotatable bonds is 9. The van der Waals surface area contributed by atoms with Crippen LogP contribution in [0.4, 0.5) is 0 Å². The van der Waals surface area contributed by atoms with Crippen LogP contribution in [0.5, 0.6) is 0 Å². The summed E-state index contributed by atoms with van der Waals surface area (Å²) in [4.78, 5) is 11.5. The largest absolute Gasteiger partial charge is 0.466 e. The summed E-state index contributed by atoms with van der Waals surface area (Å²) in [7, 11) is 0. The van der Waals surface area contributed by atoms with E-state index in [1.54, 1.807) is 0 Å². The SMILES string of the molecule is CCCCC(=O)OCCC(CCC)c1ccccc1. The Morgan fingerprint density at radius 1 is 1.11 bits per heavy atom. The normalized spacial score (nSPS) is 12.1. The maximum atomic E-state index is 11.5. The first-order chi connectivity index (χ1) is 9.27. The van der Waals surface area contributed by atoms with Gasteiger partial charge in [0.05, 0.1) is 6.61 Å². The predicted molar refractivity (Wildman–Crippen MR) is 79.2 cm³/mol. The molecule has 0 aliphatic heterocycles. The molecule has 1 unspecified atom stereocenters. The van der Waals surface area contributed by atoms with Crippen LogP contribution in [0.15, 0.2) is 30.3 Å². The lowest BCUT2D eigenvalue weighted by atomic mass is 9.92. The van der Waals surface area contributed by atoms with Gasteiger partial charge in [0, 0.05) is 6.42 Å². The average molecular weight is 262 g/mol. The molecule has 2 heteroatoms. The number of hydrogen-bond acceptors (Lipinski definition) is 2. The Morgan fingerprint density at radius 3 is 2.47 bits per heavy atom. The van der Waals surface area contributed by atoms with Crippen molar-refractivity contribution in [3.05, 3.63) is 35.9 Å². The minimum atomic E-state index is -0.0508. The van der Waals surface area contributed by atoms with Gasteiger partial charge in [0.15, 0.2) is 0 Å². The van der Waals surface area contributed by atoms with Gasteiger partial charge in [0.1, 0.15) is 0 Å². The number of carbonyl (C=O) groups excluding carboxylic acids is 1. The molecule has 1 atom stereocenters. The van der Waals surface area contributed by atoms with Crippen LogP contribution in [-0.2, 0) is 9.53 Å². The molecule has 2 nitrogen and oxygen atoms in total. The third kappa shape index (κ3) is 6.42. The number of hydrogen-bond donors (Lipinski definition) is 0. The summed E-state index contributed by atoms with van der Waals surface area (Å²) in [5.74, 6) is 0.454. The summed E-state index contributed by atoms with van der Waals surface area (Å²) in [5.41, 5.74) is 1.36. The fourth-order valence-corrected chi connectivity index (χ4v) is 2.26. The molecule has 0 saturated carbocycles. The summed E-state index contributed by atoms with van der Waals surface area (Å²) in [5, 5.41) is 0. The van der Waals surface area contributed by atoms with Gasteiger partial charge in [-0.1, -0.05) is 57.0 Å². The highest BCUT2D eigenvalue weighted by Crippen LogP contribution is 2.24. The Morgan fingerprint density at radius 2 is 1.84 bits per heavy atom. The molecule has 1 rings (SSSR count). The Labute approximate surface area is 117 Å². The molecule has 0 heterocycles. The second-order valence-corrected chi connectivity index (χ2v) is 5.01. The van der Waals surface area contributed by atoms with Crippen LogP contribution >= 0.6 is 0 Å². The molecule has 106 valence electrons. The fourth-order valence-electron chi connectivity index (χ4n) is 2.26. The summed E-state index contributed by atoms with van der Waals surface area (Å²) in [6.07, 6.45) is 5.75. The third-order valence-electron chi connectivity index (χ3n) is 3.37. The van der Waals surface area contributed by atoms with E-state index in [-0.39, 0.29) is 5.97 Å². The fraction of sp³-hybridized carbons (Fsp3) is 0.588. The minimum Gasteiger partial charge on any atom is -0.466 e. The van der Waals surface area contributed by atoms with Gasteiger partial charge in [-0.25, -0.2) is 0 Å². The quantitative estimate of drug-likeness (QED) is 0.603. The van der Waals surface area contributed by atoms with E-state index in [0.29, 0.717) is 18.9 Å². The number of ether oxygens (including phenoxy) is 1. The summed E-state index contributed by atoms with van der Waals surface area (Å²) < 4.78 is 5.30. The zero-order valence-electron chi connectivity index (χ0n) is 12.2. The Hall–Kier alpha value is -1.31. The van der Waals surface area contributed by atoms with Crippen LogP contribution in [-0.4, -0.2) is 12.6 Å². The highest BCUT2D eigenvalue weighted by molar-refractivity contribution is 5.69. The van der Waals surface area contributed by atoms with Crippen molar-refractivity contribution in [3.63, 3.8) is 0 Å². The highest BCUT2D eigenvalue weighted by Gasteiger charge is 2.11. The average Bonchev–Trinajstić information content (AvgIpc) is 2.45. The van der Waals surface area contributed by atoms with Crippen molar-refractivity contribution in [3.8, 4) is 0 Å². The smallest absolute Gasteiger partial charge is 0.305 e. The highest BCUT2D eigenvalue weighted by atomic mass is 16.5. The molecule has 19 heavy (non-hydrogen) atoms. The van der Waals surface area contributed by atoms with E-state index >= 15 is 0 Å². The lowest BCUT2D eigenvalue weighted by molar-refractivity contribution is -0.144. The lowest BCUT2D eigenvalue weighted by Gasteiger charge is -2.16. The van der Waals surface area contributed by atoms with E-state index in [0.717, 1.165) is 32.1 Å². The standard InChI is InChI=1S/C17H26O2/c1-3-5-12-17(18)19-14-13-15(9-4-2)16-10-7-6-8-11-16/h6-8,10-11,15H,3-5,9,12-14H2,1-2H3. The van der Waals surface area contributed by atoms with Gasteiger partial charge in [-0.3, -0.25) is 4.79 Å². The maximum Gasteiger partial charge on any atom is 0.305 e. The van der Waals surface area contributed by atoms with Crippen LogP contribution in [0, 0.1) is 0 Å². The van der Waals surface area contributed by atoms with Crippen molar-refractivity contribution in [1.29, 1.82) is 0 Å². The molecule has 0 spiro atoms. The number of unbranched alkanes of at least 4 members (excludes halogenated alkanes) is 1. The van der Waals surface area contributed by atoms with Crippen molar-refractivity contribution < 1.29 is 9.53 Å². The topological polar surface area (TPSA) is 26.3 Å². The van der Waals surface area contributed by atoms with E-state index < -0.39 is 0 Å². The molecule has 0 amide bonds. The first-order valence-corrected chi connectivity index (χ1v) is 7.48. The van der Waals surface area contributed by atoms with Crippen molar-refractivity contribution in [2.45, 2.75) is 58.3 Å².